The highest BCUT2D eigenvalue weighted by Gasteiger charge is 2.28. The number of carbonyl (C=O) groups excluding carboxylic acids is 1. The van der Waals surface area contributed by atoms with Crippen molar-refractivity contribution in [2.24, 2.45) is 5.92 Å². The number of piperidine rings is 1. The maximum absolute atomic E-state index is 11.9. The number of ether oxygens (including phenoxy) is 3. The number of thiocarbonyl (C=S) groups is 1. The van der Waals surface area contributed by atoms with Crippen molar-refractivity contribution in [3.63, 3.8) is 0 Å². The molecule has 1 fully saturated rings. The molecule has 0 radical (unpaired) electrons. The Labute approximate surface area is 147 Å². The van der Waals surface area contributed by atoms with Gasteiger partial charge in [-0.25, -0.2) is 0 Å². The third kappa shape index (κ3) is 3.90. The fourth-order valence-corrected chi connectivity index (χ4v) is 3.19. The summed E-state index contributed by atoms with van der Waals surface area (Å²) in [4.78, 5) is 14.0. The number of rotatable bonds is 4. The highest BCUT2D eigenvalue weighted by molar-refractivity contribution is 7.80. The van der Waals surface area contributed by atoms with Crippen molar-refractivity contribution in [2.75, 3.05) is 26.5 Å². The molecule has 0 bridgehead atoms. The summed E-state index contributed by atoms with van der Waals surface area (Å²) in [6, 6.07) is 5.84. The Morgan fingerprint density at radius 3 is 3.08 bits per heavy atom. The Hall–Kier alpha value is -2.02. The van der Waals surface area contributed by atoms with Crippen LogP contribution in [0.3, 0.4) is 0 Å². The van der Waals surface area contributed by atoms with E-state index in [9.17, 15) is 4.79 Å². The molecule has 2 aliphatic rings. The zero-order valence-electron chi connectivity index (χ0n) is 13.7. The van der Waals surface area contributed by atoms with E-state index in [-0.39, 0.29) is 18.7 Å². The summed E-state index contributed by atoms with van der Waals surface area (Å²) < 4.78 is 15.8. The van der Waals surface area contributed by atoms with Crippen LogP contribution < -0.4 is 14.8 Å². The number of fused-ring (bicyclic) bond motifs is 1. The van der Waals surface area contributed by atoms with E-state index in [0.717, 1.165) is 36.4 Å². The summed E-state index contributed by atoms with van der Waals surface area (Å²) in [5.41, 5.74) is 1.07. The second-order valence-electron chi connectivity index (χ2n) is 5.88. The van der Waals surface area contributed by atoms with Crippen molar-refractivity contribution in [1.29, 1.82) is 0 Å². The molecule has 0 unspecified atom stereocenters. The van der Waals surface area contributed by atoms with Gasteiger partial charge in [0.05, 0.1) is 12.5 Å². The highest BCUT2D eigenvalue weighted by atomic mass is 32.1. The van der Waals surface area contributed by atoms with E-state index in [0.29, 0.717) is 24.8 Å². The van der Waals surface area contributed by atoms with Gasteiger partial charge >= 0.3 is 5.97 Å². The molecule has 0 amide bonds. The van der Waals surface area contributed by atoms with Crippen LogP contribution in [0.5, 0.6) is 11.5 Å². The van der Waals surface area contributed by atoms with Crippen LogP contribution in [0.1, 0.15) is 25.3 Å². The van der Waals surface area contributed by atoms with Gasteiger partial charge in [0.2, 0.25) is 6.79 Å². The van der Waals surface area contributed by atoms with Crippen molar-refractivity contribution in [2.45, 2.75) is 26.3 Å². The Balaban J connectivity index is 1.52. The lowest BCUT2D eigenvalue weighted by Gasteiger charge is -2.33. The number of nitrogens with zero attached hydrogens (tertiary/aromatic N) is 1. The number of benzene rings is 1. The van der Waals surface area contributed by atoms with Crippen LogP contribution in [0.2, 0.25) is 0 Å². The van der Waals surface area contributed by atoms with Crippen molar-refractivity contribution in [3.8, 4) is 11.5 Å². The molecule has 24 heavy (non-hydrogen) atoms. The summed E-state index contributed by atoms with van der Waals surface area (Å²) in [6.45, 7) is 4.61. The molecule has 1 aromatic rings. The molecule has 1 aromatic carbocycles. The van der Waals surface area contributed by atoms with E-state index < -0.39 is 0 Å². The molecule has 1 N–H and O–H groups in total. The van der Waals surface area contributed by atoms with Crippen LogP contribution in [-0.4, -0.2) is 42.5 Å². The van der Waals surface area contributed by atoms with Crippen LogP contribution in [0, 0.1) is 5.92 Å². The quantitative estimate of drug-likeness (QED) is 0.659. The minimum Gasteiger partial charge on any atom is -0.466 e. The first-order valence-electron chi connectivity index (χ1n) is 8.25. The highest BCUT2D eigenvalue weighted by Crippen LogP contribution is 2.32. The normalized spacial score (nSPS) is 19.0. The second kappa shape index (κ2) is 7.70. The molecule has 2 aliphatic heterocycles. The van der Waals surface area contributed by atoms with Crippen molar-refractivity contribution < 1.29 is 19.0 Å². The van der Waals surface area contributed by atoms with E-state index in [1.165, 1.54) is 0 Å². The smallest absolute Gasteiger partial charge is 0.310 e. The Morgan fingerprint density at radius 1 is 1.42 bits per heavy atom. The molecule has 3 rings (SSSR count). The first kappa shape index (κ1) is 16.8. The fraction of sp³-hybridized carbons (Fsp3) is 0.529. The van der Waals surface area contributed by atoms with Gasteiger partial charge in [-0.05, 0) is 49.7 Å². The molecule has 0 aromatic heterocycles. The van der Waals surface area contributed by atoms with Crippen molar-refractivity contribution in [1.82, 2.24) is 10.2 Å². The van der Waals surface area contributed by atoms with Crippen LogP contribution in [0.25, 0.3) is 0 Å². The Bertz CT molecular complexity index is 623. The summed E-state index contributed by atoms with van der Waals surface area (Å²) in [7, 11) is 0. The number of nitrogens with one attached hydrogen (secondary N) is 1. The molecule has 7 heteroatoms. The number of hydrogen-bond donors (Lipinski definition) is 1. The van der Waals surface area contributed by atoms with Gasteiger partial charge in [0.1, 0.15) is 0 Å². The predicted molar refractivity (Wildman–Crippen MR) is 92.9 cm³/mol. The summed E-state index contributed by atoms with van der Waals surface area (Å²) in [5.74, 6) is 1.32. The molecular weight excluding hydrogens is 328 g/mol. The van der Waals surface area contributed by atoms with Crippen LogP contribution in [0.4, 0.5) is 0 Å². The average Bonchev–Trinajstić information content (AvgIpc) is 3.07. The van der Waals surface area contributed by atoms with Gasteiger partial charge in [-0.3, -0.25) is 4.79 Å². The second-order valence-corrected chi connectivity index (χ2v) is 6.27. The lowest BCUT2D eigenvalue weighted by molar-refractivity contribution is -0.149. The Morgan fingerprint density at radius 2 is 2.25 bits per heavy atom. The fourth-order valence-electron chi connectivity index (χ4n) is 2.95. The predicted octanol–water partition coefficient (Wildman–Crippen LogP) is 2.06. The van der Waals surface area contributed by atoms with Crippen molar-refractivity contribution in [3.05, 3.63) is 23.8 Å². The molecule has 0 spiro atoms. The minimum atomic E-state index is -0.124. The van der Waals surface area contributed by atoms with Crippen LogP contribution in [-0.2, 0) is 16.1 Å². The molecule has 0 saturated carbocycles. The third-order valence-electron chi connectivity index (χ3n) is 4.21. The number of esters is 1. The first-order valence-corrected chi connectivity index (χ1v) is 8.66. The molecule has 2 heterocycles. The molecule has 6 nitrogen and oxygen atoms in total. The lowest BCUT2D eigenvalue weighted by Crippen LogP contribution is -2.47. The molecule has 130 valence electrons. The number of carbonyl (C=O) groups is 1. The third-order valence-corrected chi connectivity index (χ3v) is 4.61. The van der Waals surface area contributed by atoms with Crippen LogP contribution in [0.15, 0.2) is 18.2 Å². The maximum Gasteiger partial charge on any atom is 0.310 e. The van der Waals surface area contributed by atoms with E-state index in [2.05, 4.69) is 5.32 Å². The summed E-state index contributed by atoms with van der Waals surface area (Å²) in [5, 5.41) is 3.93. The number of likely N-dealkylation sites (tertiary alicyclic amines) is 1. The maximum atomic E-state index is 11.9. The van der Waals surface area contributed by atoms with Gasteiger partial charge < -0.3 is 24.4 Å². The minimum absolute atomic E-state index is 0.0935. The van der Waals surface area contributed by atoms with Gasteiger partial charge in [0.25, 0.3) is 0 Å². The first-order chi connectivity index (χ1) is 11.7. The van der Waals surface area contributed by atoms with Gasteiger partial charge in [-0.1, -0.05) is 6.07 Å². The SMILES string of the molecule is CCOC(=O)[C@H]1CCCN(C(=S)NCc2ccc3c(c2)OCO3)C1. The van der Waals surface area contributed by atoms with E-state index in [4.69, 9.17) is 26.4 Å². The Kier molecular flexibility index (Phi) is 5.40. The van der Waals surface area contributed by atoms with E-state index >= 15 is 0 Å². The van der Waals surface area contributed by atoms with Crippen molar-refractivity contribution >= 4 is 23.3 Å². The lowest BCUT2D eigenvalue weighted by atomic mass is 9.98. The molecule has 1 atom stereocenters. The van der Waals surface area contributed by atoms with E-state index in [1.807, 2.05) is 30.0 Å². The number of hydrogen-bond acceptors (Lipinski definition) is 5. The van der Waals surface area contributed by atoms with E-state index in [1.54, 1.807) is 0 Å². The molecular formula is C17H22N2O4S. The summed E-state index contributed by atoms with van der Waals surface area (Å²) >= 11 is 5.48. The molecule has 1 saturated heterocycles. The van der Waals surface area contributed by atoms with Crippen LogP contribution >= 0.6 is 12.2 Å². The van der Waals surface area contributed by atoms with Gasteiger partial charge in [0, 0.05) is 19.6 Å². The van der Waals surface area contributed by atoms with Gasteiger partial charge in [0.15, 0.2) is 16.6 Å². The monoisotopic (exact) mass is 350 g/mol. The zero-order chi connectivity index (χ0) is 16.9. The average molecular weight is 350 g/mol. The summed E-state index contributed by atoms with van der Waals surface area (Å²) in [6.07, 6.45) is 1.80. The van der Waals surface area contributed by atoms with Gasteiger partial charge in [-0.2, -0.15) is 0 Å². The zero-order valence-corrected chi connectivity index (χ0v) is 14.6. The largest absolute Gasteiger partial charge is 0.466 e. The molecule has 0 aliphatic carbocycles. The standard InChI is InChI=1S/C17H22N2O4S/c1-2-21-16(20)13-4-3-7-19(10-13)17(24)18-9-12-5-6-14-15(8-12)23-11-22-14/h5-6,8,13H,2-4,7,9-11H2,1H3,(H,18,24)/t13-/m0/s1. The van der Waals surface area contributed by atoms with Gasteiger partial charge in [-0.15, -0.1) is 0 Å². The topological polar surface area (TPSA) is 60.0 Å².